The van der Waals surface area contributed by atoms with E-state index in [0.717, 1.165) is 17.5 Å². The highest BCUT2D eigenvalue weighted by molar-refractivity contribution is 7.88. The molecule has 1 aromatic rings. The Balaban J connectivity index is 2.46. The van der Waals surface area contributed by atoms with E-state index in [1.807, 2.05) is 12.1 Å². The van der Waals surface area contributed by atoms with Gasteiger partial charge >= 0.3 is 0 Å². The predicted octanol–water partition coefficient (Wildman–Crippen LogP) is 1.79. The second-order valence-electron chi connectivity index (χ2n) is 5.49. The summed E-state index contributed by atoms with van der Waals surface area (Å²) in [5.74, 6) is 0.527. The lowest BCUT2D eigenvalue weighted by Crippen LogP contribution is -2.23. The molecule has 1 aromatic carbocycles. The van der Waals surface area contributed by atoms with Crippen molar-refractivity contribution in [2.24, 2.45) is 5.92 Å². The van der Waals surface area contributed by atoms with E-state index in [1.165, 1.54) is 7.05 Å². The number of benzene rings is 1. The maximum atomic E-state index is 11.6. The van der Waals surface area contributed by atoms with Crippen LogP contribution >= 0.6 is 0 Å². The van der Waals surface area contributed by atoms with Gasteiger partial charge in [0, 0.05) is 13.0 Å². The molecule has 1 rings (SSSR count). The third-order valence-electron chi connectivity index (χ3n) is 3.13. The van der Waals surface area contributed by atoms with Gasteiger partial charge in [-0.15, -0.1) is 0 Å². The molecule has 0 aliphatic rings. The maximum absolute atomic E-state index is 11.6. The number of carbonyl (C=O) groups is 1. The van der Waals surface area contributed by atoms with Crippen LogP contribution in [0.1, 0.15) is 37.8 Å². The van der Waals surface area contributed by atoms with Crippen LogP contribution in [-0.2, 0) is 27.1 Å². The lowest BCUT2D eigenvalue weighted by Gasteiger charge is -2.08. The van der Waals surface area contributed by atoms with Gasteiger partial charge in [-0.25, -0.2) is 13.1 Å². The molecule has 0 fully saturated rings. The van der Waals surface area contributed by atoms with Gasteiger partial charge in [0.25, 0.3) is 0 Å². The lowest BCUT2D eigenvalue weighted by molar-refractivity contribution is -0.121. The Bertz CT molecular complexity index is 551. The summed E-state index contributed by atoms with van der Waals surface area (Å²) in [6.45, 7) is 4.65. The van der Waals surface area contributed by atoms with E-state index in [9.17, 15) is 13.2 Å². The number of nitrogens with one attached hydrogen (secondary N) is 2. The van der Waals surface area contributed by atoms with E-state index in [1.54, 1.807) is 12.1 Å². The van der Waals surface area contributed by atoms with Crippen LogP contribution in [0.25, 0.3) is 0 Å². The Morgan fingerprint density at radius 1 is 1.14 bits per heavy atom. The molecule has 0 atom stereocenters. The van der Waals surface area contributed by atoms with Crippen LogP contribution in [0, 0.1) is 5.92 Å². The van der Waals surface area contributed by atoms with Gasteiger partial charge < -0.3 is 5.32 Å². The number of hydrogen-bond donors (Lipinski definition) is 2. The molecule has 0 aliphatic heterocycles. The summed E-state index contributed by atoms with van der Waals surface area (Å²) < 4.78 is 25.1. The number of sulfonamides is 1. The maximum Gasteiger partial charge on any atom is 0.220 e. The first-order valence-electron chi connectivity index (χ1n) is 7.08. The summed E-state index contributed by atoms with van der Waals surface area (Å²) in [5.41, 5.74) is 1.68. The van der Waals surface area contributed by atoms with Gasteiger partial charge in [0.15, 0.2) is 0 Å². The summed E-state index contributed by atoms with van der Waals surface area (Å²) in [5, 5.41) is 2.86. The fraction of sp³-hybridized carbons (Fsp3) is 0.533. The molecule has 0 aliphatic carbocycles. The third kappa shape index (κ3) is 7.24. The highest BCUT2D eigenvalue weighted by Crippen LogP contribution is 2.08. The predicted molar refractivity (Wildman–Crippen MR) is 84.0 cm³/mol. The van der Waals surface area contributed by atoms with Crippen LogP contribution in [0.2, 0.25) is 0 Å². The van der Waals surface area contributed by atoms with E-state index in [-0.39, 0.29) is 11.7 Å². The topological polar surface area (TPSA) is 75.3 Å². The summed E-state index contributed by atoms with van der Waals surface area (Å²) in [6.07, 6.45) is 1.42. The lowest BCUT2D eigenvalue weighted by atomic mass is 10.1. The zero-order valence-corrected chi connectivity index (χ0v) is 13.7. The molecule has 0 saturated heterocycles. The summed E-state index contributed by atoms with van der Waals surface area (Å²) in [6, 6.07) is 7.21. The molecular weight excluding hydrogens is 288 g/mol. The normalized spacial score (nSPS) is 11.6. The fourth-order valence-electron chi connectivity index (χ4n) is 1.75. The first-order valence-corrected chi connectivity index (χ1v) is 8.73. The molecule has 0 radical (unpaired) electrons. The Hall–Kier alpha value is -1.40. The molecule has 5 nitrogen and oxygen atoms in total. The van der Waals surface area contributed by atoms with Gasteiger partial charge in [-0.2, -0.15) is 0 Å². The van der Waals surface area contributed by atoms with Crippen molar-refractivity contribution in [1.29, 1.82) is 0 Å². The number of amides is 1. The molecular formula is C15H24N2O3S. The zero-order valence-electron chi connectivity index (χ0n) is 12.8. The van der Waals surface area contributed by atoms with Crippen LogP contribution < -0.4 is 10.0 Å². The molecule has 6 heteroatoms. The van der Waals surface area contributed by atoms with E-state index in [2.05, 4.69) is 23.9 Å². The van der Waals surface area contributed by atoms with Crippen molar-refractivity contribution in [2.75, 3.05) is 7.05 Å². The zero-order chi connectivity index (χ0) is 15.9. The minimum atomic E-state index is -3.25. The summed E-state index contributed by atoms with van der Waals surface area (Å²) in [4.78, 5) is 11.6. The van der Waals surface area contributed by atoms with Crippen molar-refractivity contribution in [3.8, 4) is 0 Å². The Labute approximate surface area is 127 Å². The van der Waals surface area contributed by atoms with Gasteiger partial charge in [0.2, 0.25) is 15.9 Å². The van der Waals surface area contributed by atoms with E-state index in [0.29, 0.717) is 18.9 Å². The van der Waals surface area contributed by atoms with Crippen molar-refractivity contribution in [3.63, 3.8) is 0 Å². The second-order valence-corrected chi connectivity index (χ2v) is 7.42. The van der Waals surface area contributed by atoms with Crippen molar-refractivity contribution in [3.05, 3.63) is 35.4 Å². The van der Waals surface area contributed by atoms with Crippen LogP contribution in [0.3, 0.4) is 0 Å². The van der Waals surface area contributed by atoms with Crippen molar-refractivity contribution < 1.29 is 13.2 Å². The Kier molecular flexibility index (Phi) is 6.84. The number of hydrogen-bond acceptors (Lipinski definition) is 3. The van der Waals surface area contributed by atoms with Gasteiger partial charge in [0.1, 0.15) is 0 Å². The summed E-state index contributed by atoms with van der Waals surface area (Å²) in [7, 11) is -1.85. The van der Waals surface area contributed by atoms with Crippen molar-refractivity contribution in [1.82, 2.24) is 10.0 Å². The smallest absolute Gasteiger partial charge is 0.220 e. The molecule has 0 spiro atoms. The quantitative estimate of drug-likeness (QED) is 0.768. The van der Waals surface area contributed by atoms with Crippen LogP contribution in [0.5, 0.6) is 0 Å². The van der Waals surface area contributed by atoms with E-state index < -0.39 is 10.0 Å². The Morgan fingerprint density at radius 2 is 1.71 bits per heavy atom. The third-order valence-corrected chi connectivity index (χ3v) is 4.46. The number of carbonyl (C=O) groups excluding carboxylic acids is 1. The van der Waals surface area contributed by atoms with Crippen LogP contribution in [0.4, 0.5) is 0 Å². The fourth-order valence-corrected chi connectivity index (χ4v) is 2.53. The molecule has 0 aromatic heterocycles. The van der Waals surface area contributed by atoms with Crippen LogP contribution in [0.15, 0.2) is 24.3 Å². The SMILES string of the molecule is CNS(=O)(=O)Cc1ccc(CNC(=O)CCC(C)C)cc1. The molecule has 118 valence electrons. The van der Waals surface area contributed by atoms with Gasteiger partial charge in [-0.1, -0.05) is 38.1 Å². The molecule has 0 saturated carbocycles. The van der Waals surface area contributed by atoms with E-state index >= 15 is 0 Å². The minimum Gasteiger partial charge on any atom is -0.352 e. The highest BCUT2D eigenvalue weighted by atomic mass is 32.2. The molecule has 1 amide bonds. The second kappa shape index (κ2) is 8.14. The summed E-state index contributed by atoms with van der Waals surface area (Å²) >= 11 is 0. The molecule has 21 heavy (non-hydrogen) atoms. The van der Waals surface area contributed by atoms with Crippen LogP contribution in [-0.4, -0.2) is 21.4 Å². The van der Waals surface area contributed by atoms with Gasteiger partial charge in [-0.05, 0) is 30.5 Å². The average Bonchev–Trinajstić information content (AvgIpc) is 2.44. The van der Waals surface area contributed by atoms with Gasteiger partial charge in [-0.3, -0.25) is 4.79 Å². The molecule has 0 heterocycles. The molecule has 0 bridgehead atoms. The average molecular weight is 312 g/mol. The standard InChI is InChI=1S/C15H24N2O3S/c1-12(2)4-9-15(18)17-10-13-5-7-14(8-6-13)11-21(19,20)16-3/h5-8,12,16H,4,9-11H2,1-3H3,(H,17,18). The minimum absolute atomic E-state index is 0.0372. The molecule has 2 N–H and O–H groups in total. The van der Waals surface area contributed by atoms with Crippen molar-refractivity contribution in [2.45, 2.75) is 39.0 Å². The first kappa shape index (κ1) is 17.7. The molecule has 0 unspecified atom stereocenters. The largest absolute Gasteiger partial charge is 0.352 e. The monoisotopic (exact) mass is 312 g/mol. The Morgan fingerprint density at radius 3 is 2.24 bits per heavy atom. The number of rotatable bonds is 8. The van der Waals surface area contributed by atoms with E-state index in [4.69, 9.17) is 0 Å². The van der Waals surface area contributed by atoms with Crippen molar-refractivity contribution >= 4 is 15.9 Å². The van der Waals surface area contributed by atoms with Gasteiger partial charge in [0.05, 0.1) is 5.75 Å². The highest BCUT2D eigenvalue weighted by Gasteiger charge is 2.08. The first-order chi connectivity index (χ1) is 9.82.